The van der Waals surface area contributed by atoms with Gasteiger partial charge in [-0.1, -0.05) is 86.0 Å². The average Bonchev–Trinajstić information content (AvgIpc) is 3.02. The zero-order valence-corrected chi connectivity index (χ0v) is 30.7. The molecular weight excluding hydrogens is 648 g/mol. The standard InChI is InChI=1S/C36H62N4O10/c1-6-7-8-9-10-11-12-13-14-15-25-22-30(41)37-26(16-18-31(42)43)33(46)39-29(21-24(4)5)35(48)40-28(20-23(2)3)34(47)38-27(36(49)50-25)17-19-32(44)45/h23-29H,6-22H2,1-5H3,(H,37,41)(H,38,47)(H,39,46)(H,40,48)(H,42,43)(H,44,45)/t25-,26+,27+,28-,29+/m1/s1. The van der Waals surface area contributed by atoms with Crippen molar-refractivity contribution in [2.75, 3.05) is 0 Å². The number of carbonyl (C=O) groups excluding carboxylic acids is 5. The van der Waals surface area contributed by atoms with Crippen molar-refractivity contribution in [2.24, 2.45) is 11.8 Å². The van der Waals surface area contributed by atoms with Crippen LogP contribution >= 0.6 is 0 Å². The van der Waals surface area contributed by atoms with Crippen molar-refractivity contribution in [2.45, 2.75) is 174 Å². The fourth-order valence-electron chi connectivity index (χ4n) is 5.87. The summed E-state index contributed by atoms with van der Waals surface area (Å²) in [5.41, 5.74) is 0. The predicted molar refractivity (Wildman–Crippen MR) is 187 cm³/mol. The smallest absolute Gasteiger partial charge is 0.328 e. The summed E-state index contributed by atoms with van der Waals surface area (Å²) in [7, 11) is 0. The van der Waals surface area contributed by atoms with Crippen LogP contribution in [0.2, 0.25) is 0 Å². The first kappa shape index (κ1) is 44.3. The summed E-state index contributed by atoms with van der Waals surface area (Å²) in [6.07, 6.45) is 7.36. The van der Waals surface area contributed by atoms with E-state index in [0.717, 1.165) is 25.7 Å². The molecule has 0 aromatic rings. The SMILES string of the molecule is CCCCCCCCCCC[C@@H]1CC(=O)N[C@@H](CCC(=O)O)C(=O)N[C@@H](CC(C)C)C(=O)N[C@H](CC(C)C)C(=O)N[C@@H](CCC(=O)O)C(=O)O1. The van der Waals surface area contributed by atoms with E-state index in [1.807, 2.05) is 27.7 Å². The topological polar surface area (TPSA) is 217 Å². The van der Waals surface area contributed by atoms with E-state index in [4.69, 9.17) is 4.74 Å². The Kier molecular flexibility index (Phi) is 21.7. The van der Waals surface area contributed by atoms with E-state index in [-0.39, 0.29) is 43.9 Å². The number of amides is 4. The molecule has 6 N–H and O–H groups in total. The normalized spacial score (nSPS) is 22.8. The largest absolute Gasteiger partial charge is 0.481 e. The molecule has 0 bridgehead atoms. The number of esters is 1. The van der Waals surface area contributed by atoms with Gasteiger partial charge in [-0.3, -0.25) is 28.8 Å². The molecule has 4 amide bonds. The minimum Gasteiger partial charge on any atom is -0.481 e. The molecule has 0 radical (unpaired) electrons. The molecule has 0 aromatic heterocycles. The molecule has 1 rings (SSSR count). The molecule has 1 aliphatic heterocycles. The van der Waals surface area contributed by atoms with E-state index in [9.17, 15) is 43.8 Å². The Morgan fingerprint density at radius 1 is 0.620 bits per heavy atom. The highest BCUT2D eigenvalue weighted by Crippen LogP contribution is 2.17. The molecule has 50 heavy (non-hydrogen) atoms. The van der Waals surface area contributed by atoms with Gasteiger partial charge in [0.25, 0.3) is 0 Å². The van der Waals surface area contributed by atoms with Gasteiger partial charge in [-0.25, -0.2) is 4.79 Å². The number of unbranched alkanes of at least 4 members (excludes halogenated alkanes) is 8. The Bertz CT molecular complexity index is 1110. The lowest BCUT2D eigenvalue weighted by Gasteiger charge is -2.29. The van der Waals surface area contributed by atoms with E-state index in [0.29, 0.717) is 12.8 Å². The van der Waals surface area contributed by atoms with Crippen molar-refractivity contribution >= 4 is 41.5 Å². The molecule has 0 spiro atoms. The van der Waals surface area contributed by atoms with Crippen LogP contribution in [0.3, 0.4) is 0 Å². The number of nitrogens with one attached hydrogen (secondary N) is 4. The van der Waals surface area contributed by atoms with Crippen LogP contribution < -0.4 is 21.3 Å². The quantitative estimate of drug-likeness (QED) is 0.0789. The Morgan fingerprint density at radius 2 is 1.04 bits per heavy atom. The van der Waals surface area contributed by atoms with Crippen molar-refractivity contribution in [3.8, 4) is 0 Å². The lowest BCUT2D eigenvalue weighted by Crippen LogP contribution is -2.58. The summed E-state index contributed by atoms with van der Waals surface area (Å²) in [6.45, 7) is 9.53. The van der Waals surface area contributed by atoms with Crippen LogP contribution in [0.4, 0.5) is 0 Å². The molecule has 5 atom stereocenters. The molecule has 14 heteroatoms. The van der Waals surface area contributed by atoms with Gasteiger partial charge in [-0.2, -0.15) is 0 Å². The summed E-state index contributed by atoms with van der Waals surface area (Å²) in [4.78, 5) is 90.3. The van der Waals surface area contributed by atoms with Crippen LogP contribution in [0.5, 0.6) is 0 Å². The van der Waals surface area contributed by atoms with Crippen molar-refractivity contribution in [3.05, 3.63) is 0 Å². The highest BCUT2D eigenvalue weighted by molar-refractivity contribution is 5.95. The molecule has 1 heterocycles. The molecule has 0 saturated carbocycles. The number of cyclic esters (lactones) is 1. The maximum atomic E-state index is 13.6. The Balaban J connectivity index is 3.41. The van der Waals surface area contributed by atoms with Crippen LogP contribution in [0.15, 0.2) is 0 Å². The van der Waals surface area contributed by atoms with Crippen LogP contribution in [0, 0.1) is 11.8 Å². The van der Waals surface area contributed by atoms with E-state index < -0.39 is 84.6 Å². The van der Waals surface area contributed by atoms with Crippen LogP contribution in [0.25, 0.3) is 0 Å². The van der Waals surface area contributed by atoms with Gasteiger partial charge in [-0.15, -0.1) is 0 Å². The number of hydrogen-bond acceptors (Lipinski definition) is 8. The molecule has 1 fully saturated rings. The Hall–Kier alpha value is -3.71. The molecule has 1 aliphatic rings. The van der Waals surface area contributed by atoms with Gasteiger partial charge in [0.2, 0.25) is 23.6 Å². The highest BCUT2D eigenvalue weighted by atomic mass is 16.5. The number of carboxylic acid groups (broad SMARTS) is 2. The molecule has 286 valence electrons. The third-order valence-electron chi connectivity index (χ3n) is 8.55. The number of aliphatic carboxylic acids is 2. The van der Waals surface area contributed by atoms with Crippen molar-refractivity contribution in [3.63, 3.8) is 0 Å². The van der Waals surface area contributed by atoms with Crippen LogP contribution in [-0.4, -0.2) is 82.0 Å². The number of carbonyl (C=O) groups is 7. The van der Waals surface area contributed by atoms with E-state index >= 15 is 0 Å². The molecule has 0 aromatic carbocycles. The second-order valence-corrected chi connectivity index (χ2v) is 14.3. The van der Waals surface area contributed by atoms with Gasteiger partial charge >= 0.3 is 17.9 Å². The molecule has 0 aliphatic carbocycles. The third kappa shape index (κ3) is 19.5. The van der Waals surface area contributed by atoms with Crippen molar-refractivity contribution < 1.29 is 48.5 Å². The Labute approximate surface area is 297 Å². The average molecular weight is 711 g/mol. The zero-order chi connectivity index (χ0) is 37.6. The molecule has 14 nitrogen and oxygen atoms in total. The summed E-state index contributed by atoms with van der Waals surface area (Å²) < 4.78 is 5.76. The van der Waals surface area contributed by atoms with Gasteiger partial charge in [0.1, 0.15) is 30.3 Å². The summed E-state index contributed by atoms with van der Waals surface area (Å²) in [5, 5.41) is 29.2. The maximum absolute atomic E-state index is 13.6. The monoisotopic (exact) mass is 710 g/mol. The fraction of sp³-hybridized carbons (Fsp3) is 0.806. The van der Waals surface area contributed by atoms with Crippen molar-refractivity contribution in [1.29, 1.82) is 0 Å². The molecule has 0 unspecified atom stereocenters. The van der Waals surface area contributed by atoms with Gasteiger partial charge < -0.3 is 36.2 Å². The second-order valence-electron chi connectivity index (χ2n) is 14.3. The Morgan fingerprint density at radius 3 is 1.50 bits per heavy atom. The number of rotatable bonds is 20. The first-order valence-electron chi connectivity index (χ1n) is 18.5. The van der Waals surface area contributed by atoms with Crippen LogP contribution in [-0.2, 0) is 38.3 Å². The predicted octanol–water partition coefficient (Wildman–Crippen LogP) is 3.98. The summed E-state index contributed by atoms with van der Waals surface area (Å²) >= 11 is 0. The van der Waals surface area contributed by atoms with Gasteiger partial charge in [0.05, 0.1) is 6.42 Å². The van der Waals surface area contributed by atoms with Gasteiger partial charge in [0.15, 0.2) is 0 Å². The zero-order valence-electron chi connectivity index (χ0n) is 30.7. The third-order valence-corrected chi connectivity index (χ3v) is 8.55. The maximum Gasteiger partial charge on any atom is 0.328 e. The summed E-state index contributed by atoms with van der Waals surface area (Å²) in [5.74, 6) is -6.22. The molecule has 1 saturated heterocycles. The first-order valence-corrected chi connectivity index (χ1v) is 18.5. The molecular formula is C36H62N4O10. The van der Waals surface area contributed by atoms with Gasteiger partial charge in [0, 0.05) is 12.8 Å². The van der Waals surface area contributed by atoms with E-state index in [2.05, 4.69) is 28.2 Å². The van der Waals surface area contributed by atoms with Crippen molar-refractivity contribution in [1.82, 2.24) is 21.3 Å². The lowest BCUT2D eigenvalue weighted by molar-refractivity contribution is -0.155. The first-order chi connectivity index (χ1) is 23.6. The number of ether oxygens (including phenoxy) is 1. The number of hydrogen-bond donors (Lipinski definition) is 6. The van der Waals surface area contributed by atoms with E-state index in [1.54, 1.807) is 0 Å². The lowest BCUT2D eigenvalue weighted by atomic mass is 9.99. The number of carboxylic acids is 2. The second kappa shape index (κ2) is 24.4. The van der Waals surface area contributed by atoms with Crippen LogP contribution in [0.1, 0.15) is 144 Å². The minimum absolute atomic E-state index is 0.0712. The van der Waals surface area contributed by atoms with Gasteiger partial charge in [-0.05, 0) is 50.4 Å². The minimum atomic E-state index is -1.36. The fourth-order valence-corrected chi connectivity index (χ4v) is 5.87. The van der Waals surface area contributed by atoms with E-state index in [1.165, 1.54) is 25.7 Å². The summed E-state index contributed by atoms with van der Waals surface area (Å²) in [6, 6.07) is -4.89. The highest BCUT2D eigenvalue weighted by Gasteiger charge is 2.34.